The summed E-state index contributed by atoms with van der Waals surface area (Å²) in [5.41, 5.74) is -0.0419. The lowest BCUT2D eigenvalue weighted by molar-refractivity contribution is 0.602. The molecule has 0 spiro atoms. The van der Waals surface area contributed by atoms with Crippen molar-refractivity contribution in [3.05, 3.63) is 40.8 Å². The van der Waals surface area contributed by atoms with Gasteiger partial charge in [-0.25, -0.2) is 17.8 Å². The fourth-order valence-corrected chi connectivity index (χ4v) is 3.55. The third-order valence-corrected chi connectivity index (χ3v) is 4.95. The summed E-state index contributed by atoms with van der Waals surface area (Å²) in [6.45, 7) is 1.68. The van der Waals surface area contributed by atoms with Crippen LogP contribution in [0.1, 0.15) is 10.6 Å². The predicted octanol–water partition coefficient (Wildman–Crippen LogP) is 2.26. The molecule has 1 N–H and O–H groups in total. The van der Waals surface area contributed by atoms with Gasteiger partial charge in [0.05, 0.1) is 22.5 Å². The number of thiazole rings is 1. The first-order chi connectivity index (χ1) is 8.92. The van der Waals surface area contributed by atoms with E-state index in [9.17, 15) is 12.8 Å². The Morgan fingerprint density at radius 2 is 2.21 bits per heavy atom. The van der Waals surface area contributed by atoms with Crippen LogP contribution in [0, 0.1) is 24.1 Å². The number of rotatable bonds is 3. The van der Waals surface area contributed by atoms with Crippen molar-refractivity contribution in [1.29, 1.82) is 5.26 Å². The largest absolute Gasteiger partial charge is 0.278 e. The maximum atomic E-state index is 13.0. The van der Waals surface area contributed by atoms with Gasteiger partial charge in [-0.3, -0.25) is 4.72 Å². The molecule has 0 unspecified atom stereocenters. The van der Waals surface area contributed by atoms with Crippen LogP contribution in [0.15, 0.2) is 28.6 Å². The van der Waals surface area contributed by atoms with Gasteiger partial charge in [-0.05, 0) is 25.1 Å². The highest BCUT2D eigenvalue weighted by Gasteiger charge is 2.18. The number of nitrogens with one attached hydrogen (secondary N) is 1. The van der Waals surface area contributed by atoms with Crippen LogP contribution in [0.25, 0.3) is 0 Å². The smallest absolute Gasteiger partial charge is 0.273 e. The van der Waals surface area contributed by atoms with Gasteiger partial charge in [0.1, 0.15) is 11.9 Å². The fourth-order valence-electron chi connectivity index (χ4n) is 1.36. The summed E-state index contributed by atoms with van der Waals surface area (Å²) in [6.07, 6.45) is 1.23. The summed E-state index contributed by atoms with van der Waals surface area (Å²) in [6, 6.07) is 4.99. The number of benzene rings is 1. The second kappa shape index (κ2) is 4.95. The van der Waals surface area contributed by atoms with Crippen LogP contribution in [0.3, 0.4) is 0 Å². The minimum Gasteiger partial charge on any atom is -0.278 e. The minimum absolute atomic E-state index is 0.0370. The molecule has 2 aromatic rings. The van der Waals surface area contributed by atoms with Crippen molar-refractivity contribution in [2.75, 3.05) is 4.72 Å². The Morgan fingerprint density at radius 3 is 2.79 bits per heavy atom. The average Bonchev–Trinajstić information content (AvgIpc) is 2.79. The molecule has 0 bridgehead atoms. The van der Waals surface area contributed by atoms with Gasteiger partial charge in [0.25, 0.3) is 10.0 Å². The average molecular weight is 297 g/mol. The Morgan fingerprint density at radius 1 is 1.47 bits per heavy atom. The molecule has 0 radical (unpaired) electrons. The van der Waals surface area contributed by atoms with Gasteiger partial charge in [-0.1, -0.05) is 0 Å². The minimum atomic E-state index is -3.81. The van der Waals surface area contributed by atoms with Gasteiger partial charge >= 0.3 is 0 Å². The Labute approximate surface area is 113 Å². The van der Waals surface area contributed by atoms with Crippen molar-refractivity contribution in [3.8, 4) is 6.07 Å². The summed E-state index contributed by atoms with van der Waals surface area (Å²) in [5.74, 6) is -0.604. The molecular formula is C11H8FN3O2S2. The molecule has 1 aromatic carbocycles. The highest BCUT2D eigenvalue weighted by atomic mass is 32.2. The molecule has 2 rings (SSSR count). The van der Waals surface area contributed by atoms with Crippen LogP contribution in [0.5, 0.6) is 0 Å². The monoisotopic (exact) mass is 297 g/mol. The lowest BCUT2D eigenvalue weighted by atomic mass is 10.2. The van der Waals surface area contributed by atoms with Crippen molar-refractivity contribution >= 4 is 27.0 Å². The second-order valence-electron chi connectivity index (χ2n) is 3.61. The molecule has 1 heterocycles. The van der Waals surface area contributed by atoms with Crippen LogP contribution >= 0.6 is 11.3 Å². The van der Waals surface area contributed by atoms with Crippen LogP contribution in [-0.2, 0) is 10.0 Å². The standard InChI is InChI=1S/C11H8FN3O2S2/c1-7-14-6-11(18-7)19(16,17)15-10-3-2-9(12)4-8(10)5-13/h2-4,6,15H,1H3. The number of halogens is 1. The Hall–Kier alpha value is -1.98. The summed E-state index contributed by atoms with van der Waals surface area (Å²) in [4.78, 5) is 3.86. The quantitative estimate of drug-likeness (QED) is 0.942. The molecule has 98 valence electrons. The topological polar surface area (TPSA) is 82.8 Å². The number of anilines is 1. The molecule has 1 aromatic heterocycles. The molecular weight excluding hydrogens is 289 g/mol. The third kappa shape index (κ3) is 2.89. The van der Waals surface area contributed by atoms with Gasteiger partial charge < -0.3 is 0 Å². The number of hydrogen-bond acceptors (Lipinski definition) is 5. The van der Waals surface area contributed by atoms with Crippen molar-refractivity contribution in [3.63, 3.8) is 0 Å². The lowest BCUT2D eigenvalue weighted by Gasteiger charge is -2.07. The molecule has 19 heavy (non-hydrogen) atoms. The second-order valence-corrected chi connectivity index (χ2v) is 6.75. The van der Waals surface area contributed by atoms with E-state index in [0.717, 1.165) is 23.5 Å². The Kier molecular flexibility index (Phi) is 3.50. The number of hydrogen-bond donors (Lipinski definition) is 1. The molecule has 5 nitrogen and oxygen atoms in total. The highest BCUT2D eigenvalue weighted by molar-refractivity contribution is 7.94. The number of sulfonamides is 1. The molecule has 0 atom stereocenters. The van der Waals surface area contributed by atoms with E-state index < -0.39 is 15.8 Å². The summed E-state index contributed by atoms with van der Waals surface area (Å²) in [7, 11) is -3.81. The van der Waals surface area contributed by atoms with Crippen LogP contribution < -0.4 is 4.72 Å². The van der Waals surface area contributed by atoms with Crippen LogP contribution in [0.2, 0.25) is 0 Å². The maximum absolute atomic E-state index is 13.0. The van der Waals surface area contributed by atoms with Crippen molar-refractivity contribution < 1.29 is 12.8 Å². The molecule has 0 amide bonds. The van der Waals surface area contributed by atoms with E-state index in [0.29, 0.717) is 5.01 Å². The van der Waals surface area contributed by atoms with E-state index in [1.54, 1.807) is 13.0 Å². The Balaban J connectivity index is 2.39. The maximum Gasteiger partial charge on any atom is 0.273 e. The normalized spacial score (nSPS) is 11.0. The first-order valence-corrected chi connectivity index (χ1v) is 7.37. The summed E-state index contributed by atoms with van der Waals surface area (Å²) in [5, 5.41) is 9.46. The number of nitriles is 1. The zero-order chi connectivity index (χ0) is 14.0. The summed E-state index contributed by atoms with van der Waals surface area (Å²) >= 11 is 1.01. The van der Waals surface area contributed by atoms with Crippen molar-refractivity contribution in [1.82, 2.24) is 4.98 Å². The lowest BCUT2D eigenvalue weighted by Crippen LogP contribution is -2.12. The van der Waals surface area contributed by atoms with Gasteiger partial charge in [0, 0.05) is 0 Å². The van der Waals surface area contributed by atoms with E-state index in [-0.39, 0.29) is 15.5 Å². The molecule has 0 aliphatic rings. The molecule has 0 aliphatic heterocycles. The summed E-state index contributed by atoms with van der Waals surface area (Å²) < 4.78 is 39.3. The van der Waals surface area contributed by atoms with Gasteiger partial charge in [-0.2, -0.15) is 5.26 Å². The van der Waals surface area contributed by atoms with Gasteiger partial charge in [-0.15, -0.1) is 11.3 Å². The molecule has 0 aliphatic carbocycles. The van der Waals surface area contributed by atoms with Crippen molar-refractivity contribution in [2.24, 2.45) is 0 Å². The van der Waals surface area contributed by atoms with E-state index in [1.807, 2.05) is 0 Å². The number of aryl methyl sites for hydroxylation is 1. The van der Waals surface area contributed by atoms with Gasteiger partial charge in [0.15, 0.2) is 4.21 Å². The molecule has 8 heteroatoms. The van der Waals surface area contributed by atoms with Gasteiger partial charge in [0.2, 0.25) is 0 Å². The SMILES string of the molecule is Cc1ncc(S(=O)(=O)Nc2ccc(F)cc2C#N)s1. The first kappa shape index (κ1) is 13.5. The molecule has 0 fully saturated rings. The zero-order valence-electron chi connectivity index (χ0n) is 9.71. The fraction of sp³-hybridized carbons (Fsp3) is 0.0909. The van der Waals surface area contributed by atoms with E-state index in [2.05, 4.69) is 9.71 Å². The predicted molar refractivity (Wildman–Crippen MR) is 68.8 cm³/mol. The molecule has 0 saturated carbocycles. The molecule has 0 saturated heterocycles. The third-order valence-electron chi connectivity index (χ3n) is 2.21. The number of aromatic nitrogens is 1. The zero-order valence-corrected chi connectivity index (χ0v) is 11.3. The highest BCUT2D eigenvalue weighted by Crippen LogP contribution is 2.23. The van der Waals surface area contributed by atoms with Crippen LogP contribution in [-0.4, -0.2) is 13.4 Å². The van der Waals surface area contributed by atoms with E-state index >= 15 is 0 Å². The Bertz CT molecular complexity index is 762. The van der Waals surface area contributed by atoms with E-state index in [1.165, 1.54) is 12.3 Å². The van der Waals surface area contributed by atoms with Crippen molar-refractivity contribution in [2.45, 2.75) is 11.1 Å². The first-order valence-electron chi connectivity index (χ1n) is 5.07. The van der Waals surface area contributed by atoms with E-state index in [4.69, 9.17) is 5.26 Å². The van der Waals surface area contributed by atoms with Crippen LogP contribution in [0.4, 0.5) is 10.1 Å². The number of nitrogens with zero attached hydrogens (tertiary/aromatic N) is 2.